The number of amides is 1. The summed E-state index contributed by atoms with van der Waals surface area (Å²) in [5.74, 6) is -0.0704. The van der Waals surface area contributed by atoms with E-state index in [9.17, 15) is 4.79 Å². The van der Waals surface area contributed by atoms with Gasteiger partial charge in [-0.05, 0) is 30.7 Å². The van der Waals surface area contributed by atoms with Crippen LogP contribution in [0.1, 0.15) is 33.1 Å². The summed E-state index contributed by atoms with van der Waals surface area (Å²) in [6.45, 7) is 4.43. The molecule has 0 unspecified atom stereocenters. The highest BCUT2D eigenvalue weighted by atomic mass is 16.1. The number of rotatable bonds is 6. The van der Waals surface area contributed by atoms with Crippen molar-refractivity contribution in [3.8, 4) is 0 Å². The smallest absolute Gasteiger partial charge is 0.221 e. The molecule has 0 aromatic heterocycles. The first-order valence-corrected chi connectivity index (χ1v) is 5.97. The molecule has 0 saturated heterocycles. The molecule has 92 valence electrons. The highest BCUT2D eigenvalue weighted by Gasteiger charge is 1.95. The summed E-state index contributed by atoms with van der Waals surface area (Å²) < 4.78 is 0. The summed E-state index contributed by atoms with van der Waals surface area (Å²) >= 11 is 0. The molecule has 4 heteroatoms. The normalized spacial score (nSPS) is 10.7. The maximum absolute atomic E-state index is 10.8. The van der Waals surface area contributed by atoms with Crippen LogP contribution < -0.4 is 5.32 Å². The highest BCUT2D eigenvalue weighted by molar-refractivity contribution is 5.88. The van der Waals surface area contributed by atoms with Gasteiger partial charge in [-0.2, -0.15) is 10.2 Å². The van der Waals surface area contributed by atoms with E-state index >= 15 is 0 Å². The molecule has 0 saturated carbocycles. The highest BCUT2D eigenvalue weighted by Crippen LogP contribution is 2.16. The van der Waals surface area contributed by atoms with Crippen molar-refractivity contribution in [2.24, 2.45) is 10.2 Å². The minimum atomic E-state index is -0.0704. The second-order valence-electron chi connectivity index (χ2n) is 3.90. The first-order valence-electron chi connectivity index (χ1n) is 5.97. The zero-order valence-electron chi connectivity index (χ0n) is 10.4. The predicted molar refractivity (Wildman–Crippen MR) is 69.7 cm³/mol. The Morgan fingerprint density at radius 2 is 1.94 bits per heavy atom. The van der Waals surface area contributed by atoms with Crippen LogP contribution in [0.25, 0.3) is 0 Å². The largest absolute Gasteiger partial charge is 0.326 e. The molecule has 1 rings (SSSR count). The van der Waals surface area contributed by atoms with Crippen molar-refractivity contribution >= 4 is 17.3 Å². The average Bonchev–Trinajstić information content (AvgIpc) is 2.30. The van der Waals surface area contributed by atoms with E-state index in [2.05, 4.69) is 22.5 Å². The number of hydrogen-bond donors (Lipinski definition) is 1. The molecule has 1 N–H and O–H groups in total. The van der Waals surface area contributed by atoms with E-state index in [4.69, 9.17) is 0 Å². The number of azo groups is 1. The Morgan fingerprint density at radius 3 is 2.53 bits per heavy atom. The Kier molecular flexibility index (Phi) is 5.93. The molecule has 0 fully saturated rings. The molecule has 0 aliphatic heterocycles. The van der Waals surface area contributed by atoms with Crippen molar-refractivity contribution in [1.82, 2.24) is 0 Å². The van der Waals surface area contributed by atoms with Crippen molar-refractivity contribution in [2.45, 2.75) is 33.1 Å². The molecule has 17 heavy (non-hydrogen) atoms. The van der Waals surface area contributed by atoms with Crippen LogP contribution in [0.15, 0.2) is 34.5 Å². The Labute approximate surface area is 102 Å². The van der Waals surface area contributed by atoms with E-state index in [0.717, 1.165) is 24.3 Å². The van der Waals surface area contributed by atoms with Gasteiger partial charge in [0.1, 0.15) is 0 Å². The topological polar surface area (TPSA) is 53.8 Å². The first kappa shape index (κ1) is 13.4. The van der Waals surface area contributed by atoms with E-state index in [1.54, 1.807) is 0 Å². The lowest BCUT2D eigenvalue weighted by atomic mass is 10.2. The fourth-order valence-electron chi connectivity index (χ4n) is 1.38. The van der Waals surface area contributed by atoms with E-state index in [1.165, 1.54) is 19.8 Å². The van der Waals surface area contributed by atoms with Crippen LogP contribution in [-0.4, -0.2) is 12.5 Å². The first-order chi connectivity index (χ1) is 8.22. The second-order valence-corrected chi connectivity index (χ2v) is 3.90. The number of nitrogens with one attached hydrogen (secondary N) is 1. The summed E-state index contributed by atoms with van der Waals surface area (Å²) in [6, 6.07) is 7.33. The lowest BCUT2D eigenvalue weighted by Gasteiger charge is -2.00. The van der Waals surface area contributed by atoms with Gasteiger partial charge in [0.2, 0.25) is 5.91 Å². The number of nitrogens with zero attached hydrogens (tertiary/aromatic N) is 2. The molecule has 1 aromatic rings. The van der Waals surface area contributed by atoms with Crippen LogP contribution in [0.4, 0.5) is 11.4 Å². The number of carbonyl (C=O) groups is 1. The Balaban J connectivity index is 2.42. The van der Waals surface area contributed by atoms with Crippen LogP contribution >= 0.6 is 0 Å². The van der Waals surface area contributed by atoms with E-state index < -0.39 is 0 Å². The van der Waals surface area contributed by atoms with Gasteiger partial charge in [0, 0.05) is 12.6 Å². The van der Waals surface area contributed by atoms with E-state index in [-0.39, 0.29) is 5.91 Å². The molecule has 0 bridgehead atoms. The molecule has 1 aromatic carbocycles. The van der Waals surface area contributed by atoms with Crippen LogP contribution in [0.2, 0.25) is 0 Å². The minimum Gasteiger partial charge on any atom is -0.326 e. The average molecular weight is 233 g/mol. The van der Waals surface area contributed by atoms with Gasteiger partial charge in [0.25, 0.3) is 0 Å². The Morgan fingerprint density at radius 1 is 1.24 bits per heavy atom. The molecule has 0 spiro atoms. The summed E-state index contributed by atoms with van der Waals surface area (Å²) in [7, 11) is 0. The van der Waals surface area contributed by atoms with Crippen LogP contribution in [0.3, 0.4) is 0 Å². The summed E-state index contributed by atoms with van der Waals surface area (Å²) in [5, 5.41) is 10.9. The summed E-state index contributed by atoms with van der Waals surface area (Å²) in [5.41, 5.74) is 1.60. The van der Waals surface area contributed by atoms with Crippen molar-refractivity contribution in [1.29, 1.82) is 0 Å². The number of carbonyl (C=O) groups excluding carboxylic acids is 1. The van der Waals surface area contributed by atoms with Gasteiger partial charge in [0.15, 0.2) is 0 Å². The Hall–Kier alpha value is -1.71. The standard InChI is InChI=1S/C13H19N3O/c1-3-4-5-10-14-16-13-8-6-12(7-9-13)15-11(2)17/h6-9H,3-5,10H2,1-2H3,(H,15,17). The lowest BCUT2D eigenvalue weighted by Crippen LogP contribution is -2.04. The number of anilines is 1. The third kappa shape index (κ3) is 5.80. The molecule has 0 radical (unpaired) electrons. The van der Waals surface area contributed by atoms with Gasteiger partial charge in [-0.25, -0.2) is 0 Å². The van der Waals surface area contributed by atoms with Crippen molar-refractivity contribution < 1.29 is 4.79 Å². The summed E-state index contributed by atoms with van der Waals surface area (Å²) in [6.07, 6.45) is 3.48. The molecular formula is C13H19N3O. The third-order valence-electron chi connectivity index (χ3n) is 2.24. The van der Waals surface area contributed by atoms with Crippen molar-refractivity contribution in [3.63, 3.8) is 0 Å². The number of hydrogen-bond acceptors (Lipinski definition) is 3. The van der Waals surface area contributed by atoms with Gasteiger partial charge in [-0.15, -0.1) is 0 Å². The van der Waals surface area contributed by atoms with Crippen LogP contribution in [-0.2, 0) is 4.79 Å². The predicted octanol–water partition coefficient (Wildman–Crippen LogP) is 3.92. The van der Waals surface area contributed by atoms with Gasteiger partial charge >= 0.3 is 0 Å². The second kappa shape index (κ2) is 7.54. The minimum absolute atomic E-state index is 0.0704. The maximum atomic E-state index is 10.8. The molecule has 4 nitrogen and oxygen atoms in total. The van der Waals surface area contributed by atoms with Crippen molar-refractivity contribution in [2.75, 3.05) is 11.9 Å². The van der Waals surface area contributed by atoms with E-state index in [1.807, 2.05) is 24.3 Å². The fraction of sp³-hybridized carbons (Fsp3) is 0.462. The fourth-order valence-corrected chi connectivity index (χ4v) is 1.38. The van der Waals surface area contributed by atoms with Crippen molar-refractivity contribution in [3.05, 3.63) is 24.3 Å². The molecule has 1 amide bonds. The zero-order chi connectivity index (χ0) is 12.5. The third-order valence-corrected chi connectivity index (χ3v) is 2.24. The lowest BCUT2D eigenvalue weighted by molar-refractivity contribution is -0.114. The molecule has 0 aliphatic carbocycles. The van der Waals surface area contributed by atoms with Gasteiger partial charge in [-0.1, -0.05) is 19.8 Å². The van der Waals surface area contributed by atoms with Gasteiger partial charge in [0.05, 0.1) is 12.2 Å². The molecule has 0 heterocycles. The quantitative estimate of drug-likeness (QED) is 0.587. The Bertz CT molecular complexity index is 371. The monoisotopic (exact) mass is 233 g/mol. The number of unbranched alkanes of at least 4 members (excludes halogenated alkanes) is 2. The number of benzene rings is 1. The van der Waals surface area contributed by atoms with Crippen LogP contribution in [0, 0.1) is 0 Å². The SMILES string of the molecule is CCCCCN=Nc1ccc(NC(C)=O)cc1. The summed E-state index contributed by atoms with van der Waals surface area (Å²) in [4.78, 5) is 10.8. The maximum Gasteiger partial charge on any atom is 0.221 e. The van der Waals surface area contributed by atoms with Gasteiger partial charge in [-0.3, -0.25) is 4.79 Å². The van der Waals surface area contributed by atoms with E-state index in [0.29, 0.717) is 0 Å². The molecule has 0 atom stereocenters. The van der Waals surface area contributed by atoms with Gasteiger partial charge < -0.3 is 5.32 Å². The molecular weight excluding hydrogens is 214 g/mol. The molecule has 0 aliphatic rings. The van der Waals surface area contributed by atoms with Crippen LogP contribution in [0.5, 0.6) is 0 Å². The zero-order valence-corrected chi connectivity index (χ0v) is 10.4.